The molecule has 0 aromatic carbocycles. The molecule has 2 fully saturated rings. The lowest BCUT2D eigenvalue weighted by Gasteiger charge is -2.25. The highest BCUT2D eigenvalue weighted by atomic mass is 31.2. The highest BCUT2D eigenvalue weighted by Crippen LogP contribution is 2.50. The minimum Gasteiger partial charge on any atom is -0.394 e. The first-order valence-electron chi connectivity index (χ1n) is 13.0. The van der Waals surface area contributed by atoms with E-state index in [9.17, 15) is 39.0 Å². The lowest BCUT2D eigenvalue weighted by Crippen LogP contribution is -2.36. The first kappa shape index (κ1) is 31.6. The average molecular weight is 675 g/mol. The number of hydrogen-bond acceptors (Lipinski definition) is 17. The summed E-state index contributed by atoms with van der Waals surface area (Å²) in [4.78, 5) is 50.5. The van der Waals surface area contributed by atoms with Gasteiger partial charge >= 0.3 is 16.1 Å². The number of aromatic nitrogens is 7. The number of rotatable bonds is 10. The third-order valence-electron chi connectivity index (χ3n) is 7.23. The van der Waals surface area contributed by atoms with Gasteiger partial charge in [0.15, 0.2) is 23.6 Å². The van der Waals surface area contributed by atoms with E-state index in [2.05, 4.69) is 24.9 Å². The van der Waals surface area contributed by atoms with Gasteiger partial charge in [-0.3, -0.25) is 28.0 Å². The molecule has 0 bridgehead atoms. The zero-order valence-corrected chi connectivity index (χ0v) is 24.5. The van der Waals surface area contributed by atoms with E-state index in [1.54, 1.807) is 6.07 Å². The molecular weight excluding hydrogens is 648 g/mol. The second-order valence-electron chi connectivity index (χ2n) is 9.97. The maximum atomic E-state index is 13.2. The molecule has 0 radical (unpaired) electrons. The van der Waals surface area contributed by atoms with Gasteiger partial charge in [-0.15, -0.1) is 0 Å². The van der Waals surface area contributed by atoms with Crippen LogP contribution >= 0.6 is 16.1 Å². The number of imidazole rings is 1. The number of anilines is 2. The smallest absolute Gasteiger partial charge is 0.394 e. The fourth-order valence-electron chi connectivity index (χ4n) is 5.23. The summed E-state index contributed by atoms with van der Waals surface area (Å²) in [5.41, 5.74) is 10.8. The van der Waals surface area contributed by atoms with Crippen molar-refractivity contribution in [1.29, 1.82) is 0 Å². The van der Waals surface area contributed by atoms with Gasteiger partial charge in [-0.1, -0.05) is 0 Å². The Bertz CT molecular complexity index is 1850. The predicted octanol–water partition coefficient (Wildman–Crippen LogP) is -2.49. The van der Waals surface area contributed by atoms with Crippen molar-refractivity contribution in [2.45, 2.75) is 49.1 Å². The van der Waals surface area contributed by atoms with Crippen molar-refractivity contribution in [1.82, 2.24) is 34.1 Å². The number of nitrogens with zero attached hydrogens (tertiary/aromatic N) is 6. The molecule has 2 aliphatic rings. The Morgan fingerprint density at radius 1 is 1.07 bits per heavy atom. The van der Waals surface area contributed by atoms with Gasteiger partial charge in [-0.05, 0) is 6.07 Å². The van der Waals surface area contributed by atoms with Crippen LogP contribution in [0.5, 0.6) is 0 Å². The summed E-state index contributed by atoms with van der Waals surface area (Å²) in [5, 5.41) is 31.8. The zero-order chi connectivity index (χ0) is 32.2. The quantitative estimate of drug-likeness (QED) is 0.0806. The zero-order valence-electron chi connectivity index (χ0n) is 22.6. The summed E-state index contributed by atoms with van der Waals surface area (Å²) in [7, 11) is -8.81. The Morgan fingerprint density at radius 3 is 2.56 bits per heavy atom. The van der Waals surface area contributed by atoms with E-state index in [0.717, 1.165) is 10.9 Å². The minimum atomic E-state index is -5.15. The van der Waals surface area contributed by atoms with Gasteiger partial charge in [0.25, 0.3) is 5.56 Å². The molecule has 6 rings (SSSR count). The number of aliphatic hydroxyl groups excluding tert-OH is 3. The van der Waals surface area contributed by atoms with Gasteiger partial charge in [0.2, 0.25) is 5.95 Å². The summed E-state index contributed by atoms with van der Waals surface area (Å²) in [6.07, 6.45) is -8.20. The number of hydrogen-bond donors (Lipinski definition) is 8. The normalized spacial score (nSPS) is 30.7. The van der Waals surface area contributed by atoms with Crippen molar-refractivity contribution in [3.63, 3.8) is 0 Å². The van der Waals surface area contributed by atoms with E-state index >= 15 is 0 Å². The van der Waals surface area contributed by atoms with E-state index in [1.807, 2.05) is 0 Å². The third kappa shape index (κ3) is 5.87. The fourth-order valence-corrected chi connectivity index (χ4v) is 6.69. The van der Waals surface area contributed by atoms with Crippen LogP contribution in [0.2, 0.25) is 0 Å². The largest absolute Gasteiger partial charge is 0.472 e. The summed E-state index contributed by atoms with van der Waals surface area (Å²) >= 11 is 0. The molecule has 2 saturated heterocycles. The molecule has 22 nitrogen and oxygen atoms in total. The summed E-state index contributed by atoms with van der Waals surface area (Å²) < 4.78 is 54.0. The molecule has 2 aliphatic heterocycles. The average Bonchev–Trinajstić information content (AvgIpc) is 3.73. The predicted molar refractivity (Wildman–Crippen MR) is 148 cm³/mol. The van der Waals surface area contributed by atoms with Crippen molar-refractivity contribution in [2.24, 2.45) is 0 Å². The van der Waals surface area contributed by atoms with Gasteiger partial charge in [0.1, 0.15) is 54.4 Å². The molecule has 244 valence electrons. The van der Waals surface area contributed by atoms with Crippen molar-refractivity contribution in [3.8, 4) is 0 Å². The van der Waals surface area contributed by atoms with Gasteiger partial charge < -0.3 is 55.1 Å². The van der Waals surface area contributed by atoms with E-state index in [-0.39, 0.29) is 28.6 Å². The second-order valence-corrected chi connectivity index (χ2v) is 12.1. The van der Waals surface area contributed by atoms with Crippen LogP contribution in [-0.2, 0) is 32.2 Å². The van der Waals surface area contributed by atoms with E-state index < -0.39 is 83.9 Å². The summed E-state index contributed by atoms with van der Waals surface area (Å²) in [6, 6.07) is 1.56. The Hall–Kier alpha value is -3.37. The molecule has 24 heteroatoms. The molecular formula is C21H27N9O13P2. The van der Waals surface area contributed by atoms with E-state index in [1.165, 1.54) is 17.1 Å². The maximum absolute atomic E-state index is 13.2. The van der Waals surface area contributed by atoms with Crippen LogP contribution in [0.3, 0.4) is 0 Å². The van der Waals surface area contributed by atoms with Gasteiger partial charge in [0.05, 0.1) is 24.9 Å². The number of aromatic amines is 1. The van der Waals surface area contributed by atoms with Crippen LogP contribution in [-0.4, -0.2) is 109 Å². The van der Waals surface area contributed by atoms with Crippen LogP contribution < -0.4 is 17.0 Å². The molecule has 0 aliphatic carbocycles. The SMILES string of the molecule is Nc1nc2c(ncn2[C@@H]2O[C@H](CO)[C@@H](O)[C@H]2OP(=O)(O)OC[C@H]2O[C@@H](n3ccc4c(N)ncnc43)[C@H](O)[C@@H]2O[PH](=O)O)c(=O)[nH]1. The second kappa shape index (κ2) is 12.1. The Morgan fingerprint density at radius 2 is 1.82 bits per heavy atom. The standard InChI is InChI=1S/C21H27N9O13P2/c22-15-7-1-2-29(16(7)25-5-24-15)19-12(33)13(42-44(35)36)9(41-19)4-39-45(37,38)43-14-11(32)8(3-31)40-20(14)30-6-26-10-17(30)27-21(23)28-18(10)34/h1-2,5-6,8-9,11-14,19-20,31-33,44H,3-4H2,(H,35,36)(H,37,38)(H2,22,24,25)(H3,23,27,28,34)/t8-,9-,11-,12-,13-,14-,19-,20-/m1/s1. The van der Waals surface area contributed by atoms with Crippen LogP contribution in [0, 0.1) is 0 Å². The molecule has 2 unspecified atom stereocenters. The summed E-state index contributed by atoms with van der Waals surface area (Å²) in [6.45, 7) is -1.55. The molecule has 10 atom stereocenters. The number of aliphatic hydroxyl groups is 3. The Kier molecular flexibility index (Phi) is 8.50. The molecule has 45 heavy (non-hydrogen) atoms. The lowest BCUT2D eigenvalue weighted by molar-refractivity contribution is -0.0607. The number of phosphoric acid groups is 1. The van der Waals surface area contributed by atoms with Crippen LogP contribution in [0.25, 0.3) is 22.2 Å². The van der Waals surface area contributed by atoms with E-state index in [4.69, 9.17) is 34.5 Å². The number of nitrogens with two attached hydrogens (primary N) is 2. The van der Waals surface area contributed by atoms with Crippen molar-refractivity contribution < 1.29 is 57.3 Å². The van der Waals surface area contributed by atoms with Crippen molar-refractivity contribution in [2.75, 3.05) is 24.7 Å². The number of H-pyrrole nitrogens is 1. The maximum Gasteiger partial charge on any atom is 0.472 e. The van der Waals surface area contributed by atoms with Crippen LogP contribution in [0.4, 0.5) is 11.8 Å². The first-order chi connectivity index (χ1) is 21.4. The third-order valence-corrected chi connectivity index (χ3v) is 8.69. The fraction of sp³-hybridized carbons (Fsp3) is 0.476. The Labute approximate surface area is 250 Å². The molecule has 0 spiro atoms. The number of fused-ring (bicyclic) bond motifs is 2. The van der Waals surface area contributed by atoms with Crippen LogP contribution in [0.15, 0.2) is 29.7 Å². The van der Waals surface area contributed by atoms with Crippen molar-refractivity contribution in [3.05, 3.63) is 35.3 Å². The van der Waals surface area contributed by atoms with E-state index in [0.29, 0.717) is 5.39 Å². The van der Waals surface area contributed by atoms with Crippen molar-refractivity contribution >= 4 is 50.0 Å². The molecule has 0 amide bonds. The molecule has 10 N–H and O–H groups in total. The molecule has 4 aromatic rings. The molecule has 4 aromatic heterocycles. The van der Waals surface area contributed by atoms with Gasteiger partial charge in [0, 0.05) is 6.20 Å². The highest BCUT2D eigenvalue weighted by Gasteiger charge is 2.51. The summed E-state index contributed by atoms with van der Waals surface area (Å²) in [5.74, 6) is -0.129. The number of ether oxygens (including phenoxy) is 2. The molecule has 6 heterocycles. The monoisotopic (exact) mass is 675 g/mol. The lowest BCUT2D eigenvalue weighted by atomic mass is 10.1. The van der Waals surface area contributed by atoms with Gasteiger partial charge in [-0.2, -0.15) is 4.98 Å². The highest BCUT2D eigenvalue weighted by molar-refractivity contribution is 7.47. The number of nitrogens with one attached hydrogen (secondary N) is 1. The van der Waals surface area contributed by atoms with Gasteiger partial charge in [-0.25, -0.2) is 19.5 Å². The van der Waals surface area contributed by atoms with Crippen LogP contribution in [0.1, 0.15) is 12.5 Å². The first-order valence-corrected chi connectivity index (χ1v) is 15.8. The minimum absolute atomic E-state index is 0.113. The molecule has 0 saturated carbocycles. The Balaban J connectivity index is 1.22. The number of nitrogen functional groups attached to an aromatic ring is 2. The number of phosphoric ester groups is 1. The topological polar surface area (TPSA) is 328 Å².